The first-order chi connectivity index (χ1) is 12.2. The molecule has 0 bridgehead atoms. The number of amides is 1. The number of nitrogens with one attached hydrogen (secondary N) is 1. The molecule has 1 N–H and O–H groups in total. The van der Waals surface area contributed by atoms with E-state index in [4.69, 9.17) is 0 Å². The Labute approximate surface area is 152 Å². The third kappa shape index (κ3) is 2.99. The fourth-order valence-electron chi connectivity index (χ4n) is 2.67. The molecule has 122 valence electrons. The molecule has 0 radical (unpaired) electrons. The number of anilines is 1. The summed E-state index contributed by atoms with van der Waals surface area (Å²) in [6, 6.07) is 20.5. The number of hydrogen-bond donors (Lipinski definition) is 1. The van der Waals surface area contributed by atoms with Gasteiger partial charge in [-0.2, -0.15) is 0 Å². The lowest BCUT2D eigenvalue weighted by Crippen LogP contribution is -2.14. The van der Waals surface area contributed by atoms with E-state index in [1.54, 1.807) is 6.07 Å². The second-order valence-electron chi connectivity index (χ2n) is 5.43. The summed E-state index contributed by atoms with van der Waals surface area (Å²) >= 11 is 2.79. The predicted octanol–water partition coefficient (Wildman–Crippen LogP) is 5.24. The van der Waals surface area contributed by atoms with Crippen molar-refractivity contribution in [3.63, 3.8) is 0 Å². The molecule has 3 nitrogen and oxygen atoms in total. The molecule has 0 saturated heterocycles. The van der Waals surface area contributed by atoms with Crippen molar-refractivity contribution < 1.29 is 4.79 Å². The van der Waals surface area contributed by atoms with Crippen LogP contribution in [0.3, 0.4) is 0 Å². The monoisotopic (exact) mass is 363 g/mol. The van der Waals surface area contributed by atoms with Crippen molar-refractivity contribution in [1.82, 2.24) is 0 Å². The summed E-state index contributed by atoms with van der Waals surface area (Å²) in [7, 11) is 0. The highest BCUT2D eigenvalue weighted by atomic mass is 32.1. The largest absolute Gasteiger partial charge is 0.312 e. The maximum atomic E-state index is 13.1. The van der Waals surface area contributed by atoms with Gasteiger partial charge in [0.25, 0.3) is 5.91 Å². The summed E-state index contributed by atoms with van der Waals surface area (Å²) in [5.74, 6) is -0.196. The second-order valence-corrected chi connectivity index (χ2v) is 7.43. The average Bonchev–Trinajstić information content (AvgIpc) is 3.18. The Balaban J connectivity index is 1.92. The normalized spacial score (nSPS) is 10.7. The van der Waals surface area contributed by atoms with Gasteiger partial charge in [0.05, 0.1) is 10.4 Å². The Hall–Kier alpha value is -2.76. The molecular formula is C20H13NO2S2. The van der Waals surface area contributed by atoms with Gasteiger partial charge in [-0.05, 0) is 29.1 Å². The molecule has 0 atom stereocenters. The highest BCUT2D eigenvalue weighted by molar-refractivity contribution is 7.22. The molecule has 0 aliphatic carbocycles. The van der Waals surface area contributed by atoms with Crippen LogP contribution in [-0.2, 0) is 0 Å². The first-order valence-corrected chi connectivity index (χ1v) is 9.40. The standard InChI is InChI=1S/C20H13NO2S2/c22-18-14-9-4-5-10-15(14)25-20(17(18)13-7-2-1-3-8-13)21-19(23)16-11-6-12-24-16/h1-12H,(H,21,23). The lowest BCUT2D eigenvalue weighted by Gasteiger charge is -2.11. The number of carbonyl (C=O) groups excluding carboxylic acids is 1. The third-order valence-corrected chi connectivity index (χ3v) is 5.79. The number of thiophene rings is 1. The van der Waals surface area contributed by atoms with Gasteiger partial charge in [-0.1, -0.05) is 48.5 Å². The van der Waals surface area contributed by atoms with E-state index in [2.05, 4.69) is 5.32 Å². The van der Waals surface area contributed by atoms with Crippen molar-refractivity contribution in [3.8, 4) is 11.1 Å². The zero-order chi connectivity index (χ0) is 17.2. The van der Waals surface area contributed by atoms with Gasteiger partial charge in [-0.25, -0.2) is 0 Å². The predicted molar refractivity (Wildman–Crippen MR) is 106 cm³/mol. The van der Waals surface area contributed by atoms with E-state index in [1.807, 2.05) is 66.0 Å². The Morgan fingerprint density at radius 3 is 2.40 bits per heavy atom. The van der Waals surface area contributed by atoms with Crippen molar-refractivity contribution in [2.75, 3.05) is 5.32 Å². The van der Waals surface area contributed by atoms with Crippen LogP contribution in [0.2, 0.25) is 0 Å². The minimum Gasteiger partial charge on any atom is -0.312 e. The zero-order valence-electron chi connectivity index (χ0n) is 13.1. The van der Waals surface area contributed by atoms with E-state index in [9.17, 15) is 9.59 Å². The number of fused-ring (bicyclic) bond motifs is 1. The highest BCUT2D eigenvalue weighted by Crippen LogP contribution is 2.33. The molecule has 2 heterocycles. The van der Waals surface area contributed by atoms with Gasteiger partial charge in [0.1, 0.15) is 5.00 Å². The minimum absolute atomic E-state index is 0.0676. The van der Waals surface area contributed by atoms with Gasteiger partial charge < -0.3 is 5.32 Å². The zero-order valence-corrected chi connectivity index (χ0v) is 14.7. The molecule has 0 unspecified atom stereocenters. The molecule has 4 rings (SSSR count). The van der Waals surface area contributed by atoms with Crippen LogP contribution < -0.4 is 10.7 Å². The molecule has 0 fully saturated rings. The molecule has 2 aromatic carbocycles. The lowest BCUT2D eigenvalue weighted by atomic mass is 10.1. The van der Waals surface area contributed by atoms with Crippen LogP contribution in [0.4, 0.5) is 5.00 Å². The van der Waals surface area contributed by atoms with Crippen LogP contribution >= 0.6 is 22.7 Å². The van der Waals surface area contributed by atoms with Crippen molar-refractivity contribution in [2.45, 2.75) is 0 Å². The van der Waals surface area contributed by atoms with Crippen LogP contribution in [0, 0.1) is 0 Å². The van der Waals surface area contributed by atoms with Gasteiger partial charge >= 0.3 is 0 Å². The summed E-state index contributed by atoms with van der Waals surface area (Å²) in [4.78, 5) is 26.2. The molecule has 0 saturated carbocycles. The Bertz CT molecular complexity index is 1100. The molecule has 25 heavy (non-hydrogen) atoms. The fraction of sp³-hybridized carbons (Fsp3) is 0. The van der Waals surface area contributed by atoms with Crippen molar-refractivity contribution in [3.05, 3.63) is 87.2 Å². The van der Waals surface area contributed by atoms with Gasteiger partial charge in [0.15, 0.2) is 5.43 Å². The van der Waals surface area contributed by atoms with Crippen molar-refractivity contribution in [1.29, 1.82) is 0 Å². The smallest absolute Gasteiger partial charge is 0.266 e. The first-order valence-electron chi connectivity index (χ1n) is 7.70. The Morgan fingerprint density at radius 1 is 0.880 bits per heavy atom. The molecule has 0 aliphatic heterocycles. The first kappa shape index (κ1) is 15.7. The van der Waals surface area contributed by atoms with Crippen LogP contribution in [0.25, 0.3) is 21.2 Å². The van der Waals surface area contributed by atoms with Gasteiger partial charge in [0.2, 0.25) is 0 Å². The summed E-state index contributed by atoms with van der Waals surface area (Å²) in [6.45, 7) is 0. The third-order valence-electron chi connectivity index (χ3n) is 3.83. The molecule has 0 spiro atoms. The molecular weight excluding hydrogens is 350 g/mol. The average molecular weight is 363 g/mol. The van der Waals surface area contributed by atoms with E-state index in [0.29, 0.717) is 20.8 Å². The Kier molecular flexibility index (Phi) is 4.17. The molecule has 2 aromatic heterocycles. The SMILES string of the molecule is O=C(Nc1sc2ccccc2c(=O)c1-c1ccccc1)c1cccs1. The van der Waals surface area contributed by atoms with Gasteiger partial charge in [-0.3, -0.25) is 9.59 Å². The molecule has 4 aromatic rings. The number of carbonyl (C=O) groups is 1. The van der Waals surface area contributed by atoms with Crippen LogP contribution in [0.15, 0.2) is 76.9 Å². The topological polar surface area (TPSA) is 46.2 Å². The summed E-state index contributed by atoms with van der Waals surface area (Å²) in [5, 5.41) is 6.04. The maximum absolute atomic E-state index is 13.1. The summed E-state index contributed by atoms with van der Waals surface area (Å²) < 4.78 is 0.855. The fourth-order valence-corrected chi connectivity index (χ4v) is 4.38. The second kappa shape index (κ2) is 6.63. The highest BCUT2D eigenvalue weighted by Gasteiger charge is 2.17. The molecule has 0 aliphatic rings. The van der Waals surface area contributed by atoms with Crippen molar-refractivity contribution >= 4 is 43.7 Å². The van der Waals surface area contributed by atoms with Gasteiger partial charge in [0, 0.05) is 10.1 Å². The van der Waals surface area contributed by atoms with Gasteiger partial charge in [-0.15, -0.1) is 22.7 Å². The van der Waals surface area contributed by atoms with E-state index in [1.165, 1.54) is 22.7 Å². The van der Waals surface area contributed by atoms with Crippen LogP contribution in [0.5, 0.6) is 0 Å². The quantitative estimate of drug-likeness (QED) is 0.541. The Morgan fingerprint density at radius 2 is 1.64 bits per heavy atom. The van der Waals surface area contributed by atoms with E-state index < -0.39 is 0 Å². The maximum Gasteiger partial charge on any atom is 0.266 e. The summed E-state index contributed by atoms with van der Waals surface area (Å²) in [6.07, 6.45) is 0. The molecule has 5 heteroatoms. The van der Waals surface area contributed by atoms with E-state index in [-0.39, 0.29) is 11.3 Å². The number of benzene rings is 2. The lowest BCUT2D eigenvalue weighted by molar-refractivity contribution is 0.103. The van der Waals surface area contributed by atoms with E-state index in [0.717, 1.165) is 10.3 Å². The molecule has 1 amide bonds. The van der Waals surface area contributed by atoms with Crippen LogP contribution in [-0.4, -0.2) is 5.91 Å². The summed E-state index contributed by atoms with van der Waals surface area (Å²) in [5.41, 5.74) is 1.27. The van der Waals surface area contributed by atoms with Crippen molar-refractivity contribution in [2.24, 2.45) is 0 Å². The number of rotatable bonds is 3. The number of hydrogen-bond acceptors (Lipinski definition) is 4. The van der Waals surface area contributed by atoms with Crippen LogP contribution in [0.1, 0.15) is 9.67 Å². The van der Waals surface area contributed by atoms with E-state index >= 15 is 0 Å². The minimum atomic E-state index is -0.196.